The fraction of sp³-hybridized carbons (Fsp3) is 0.417. The number of benzene rings is 1. The molecule has 1 aromatic carbocycles. The standard InChI is InChI=1S/C12H18N2O2/c1-4-14-12(2,11(13)15)9-6-5-7-10(8-9)16-3/h5-8,14H,4H2,1-3H3,(H2,13,15). The number of methoxy groups -OCH3 is 1. The minimum atomic E-state index is -0.858. The van der Waals surface area contributed by atoms with Crippen molar-refractivity contribution >= 4 is 5.91 Å². The molecule has 0 radical (unpaired) electrons. The van der Waals surface area contributed by atoms with E-state index >= 15 is 0 Å². The summed E-state index contributed by atoms with van der Waals surface area (Å²) in [7, 11) is 1.59. The Kier molecular flexibility index (Phi) is 3.90. The third-order valence-electron chi connectivity index (χ3n) is 2.67. The van der Waals surface area contributed by atoms with Crippen LogP contribution in [0.3, 0.4) is 0 Å². The number of likely N-dealkylation sites (N-methyl/N-ethyl adjacent to an activating group) is 1. The van der Waals surface area contributed by atoms with E-state index in [9.17, 15) is 4.79 Å². The molecule has 88 valence electrons. The lowest BCUT2D eigenvalue weighted by Gasteiger charge is -2.27. The highest BCUT2D eigenvalue weighted by molar-refractivity contribution is 5.85. The van der Waals surface area contributed by atoms with Gasteiger partial charge in [0.2, 0.25) is 5.91 Å². The van der Waals surface area contributed by atoms with Gasteiger partial charge in [0.1, 0.15) is 11.3 Å². The van der Waals surface area contributed by atoms with Crippen molar-refractivity contribution in [2.75, 3.05) is 13.7 Å². The van der Waals surface area contributed by atoms with Gasteiger partial charge in [-0.2, -0.15) is 0 Å². The number of nitrogens with one attached hydrogen (secondary N) is 1. The largest absolute Gasteiger partial charge is 0.497 e. The average Bonchev–Trinajstić information content (AvgIpc) is 2.29. The number of carbonyl (C=O) groups is 1. The summed E-state index contributed by atoms with van der Waals surface area (Å²) in [6.07, 6.45) is 0. The van der Waals surface area contributed by atoms with Gasteiger partial charge >= 0.3 is 0 Å². The lowest BCUT2D eigenvalue weighted by atomic mass is 9.91. The molecule has 0 heterocycles. The zero-order chi connectivity index (χ0) is 12.2. The molecule has 0 bridgehead atoms. The van der Waals surface area contributed by atoms with Crippen LogP contribution < -0.4 is 15.8 Å². The van der Waals surface area contributed by atoms with Crippen molar-refractivity contribution in [3.05, 3.63) is 29.8 Å². The number of carbonyl (C=O) groups excluding carboxylic acids is 1. The van der Waals surface area contributed by atoms with Crippen LogP contribution in [0.25, 0.3) is 0 Å². The molecule has 0 fully saturated rings. The minimum Gasteiger partial charge on any atom is -0.497 e. The maximum Gasteiger partial charge on any atom is 0.242 e. The molecule has 0 saturated carbocycles. The second kappa shape index (κ2) is 4.99. The Hall–Kier alpha value is -1.55. The summed E-state index contributed by atoms with van der Waals surface area (Å²) < 4.78 is 5.13. The Morgan fingerprint density at radius 1 is 1.56 bits per heavy atom. The molecule has 0 saturated heterocycles. The molecule has 1 aromatic rings. The van der Waals surface area contributed by atoms with Crippen LogP contribution in [0.1, 0.15) is 19.4 Å². The molecule has 1 amide bonds. The molecule has 1 unspecified atom stereocenters. The molecule has 0 aliphatic carbocycles. The first kappa shape index (κ1) is 12.5. The molecule has 0 aliphatic heterocycles. The van der Waals surface area contributed by atoms with Crippen molar-refractivity contribution in [2.45, 2.75) is 19.4 Å². The average molecular weight is 222 g/mol. The first-order chi connectivity index (χ1) is 7.54. The lowest BCUT2D eigenvalue weighted by molar-refractivity contribution is -0.124. The minimum absolute atomic E-state index is 0.400. The van der Waals surface area contributed by atoms with E-state index in [-0.39, 0.29) is 0 Å². The predicted octanol–water partition coefficient (Wildman–Crippen LogP) is 1.01. The van der Waals surface area contributed by atoms with E-state index in [2.05, 4.69) is 5.32 Å². The Morgan fingerprint density at radius 3 is 2.75 bits per heavy atom. The first-order valence-corrected chi connectivity index (χ1v) is 5.24. The fourth-order valence-electron chi connectivity index (χ4n) is 1.62. The van der Waals surface area contributed by atoms with Gasteiger partial charge in [0.05, 0.1) is 7.11 Å². The van der Waals surface area contributed by atoms with E-state index in [1.165, 1.54) is 0 Å². The summed E-state index contributed by atoms with van der Waals surface area (Å²) in [5.41, 5.74) is 5.39. The van der Waals surface area contributed by atoms with Crippen LogP contribution >= 0.6 is 0 Å². The quantitative estimate of drug-likeness (QED) is 0.781. The molecular formula is C12H18N2O2. The normalized spacial score (nSPS) is 14.2. The van der Waals surface area contributed by atoms with E-state index < -0.39 is 11.4 Å². The highest BCUT2D eigenvalue weighted by atomic mass is 16.5. The van der Waals surface area contributed by atoms with Gasteiger partial charge in [0.15, 0.2) is 0 Å². The molecule has 1 atom stereocenters. The van der Waals surface area contributed by atoms with Crippen LogP contribution in [0.4, 0.5) is 0 Å². The van der Waals surface area contributed by atoms with Gasteiger partial charge in [-0.3, -0.25) is 4.79 Å². The summed E-state index contributed by atoms with van der Waals surface area (Å²) >= 11 is 0. The monoisotopic (exact) mass is 222 g/mol. The van der Waals surface area contributed by atoms with E-state index in [4.69, 9.17) is 10.5 Å². The predicted molar refractivity (Wildman–Crippen MR) is 63.2 cm³/mol. The van der Waals surface area contributed by atoms with Crippen molar-refractivity contribution in [2.24, 2.45) is 5.73 Å². The van der Waals surface area contributed by atoms with E-state index in [1.807, 2.05) is 31.2 Å². The van der Waals surface area contributed by atoms with Gasteiger partial charge in [-0.05, 0) is 31.2 Å². The summed E-state index contributed by atoms with van der Waals surface area (Å²) in [6, 6.07) is 7.34. The highest BCUT2D eigenvalue weighted by Crippen LogP contribution is 2.24. The summed E-state index contributed by atoms with van der Waals surface area (Å²) in [5.74, 6) is 0.311. The zero-order valence-electron chi connectivity index (χ0n) is 9.91. The van der Waals surface area contributed by atoms with Crippen molar-refractivity contribution in [3.8, 4) is 5.75 Å². The number of amides is 1. The summed E-state index contributed by atoms with van der Waals surface area (Å²) in [5, 5.41) is 3.10. The number of ether oxygens (including phenoxy) is 1. The topological polar surface area (TPSA) is 64.3 Å². The molecule has 3 N–H and O–H groups in total. The van der Waals surface area contributed by atoms with E-state index in [0.717, 1.165) is 5.56 Å². The van der Waals surface area contributed by atoms with Crippen molar-refractivity contribution in [3.63, 3.8) is 0 Å². The van der Waals surface area contributed by atoms with Gasteiger partial charge in [-0.25, -0.2) is 0 Å². The molecule has 4 heteroatoms. The maximum atomic E-state index is 11.5. The van der Waals surface area contributed by atoms with Crippen LogP contribution in [-0.4, -0.2) is 19.6 Å². The van der Waals surface area contributed by atoms with Gasteiger partial charge in [0.25, 0.3) is 0 Å². The summed E-state index contributed by atoms with van der Waals surface area (Å²) in [6.45, 7) is 4.37. The molecule has 16 heavy (non-hydrogen) atoms. The Morgan fingerprint density at radius 2 is 2.25 bits per heavy atom. The van der Waals surface area contributed by atoms with Gasteiger partial charge in [-0.15, -0.1) is 0 Å². The van der Waals surface area contributed by atoms with Crippen LogP contribution in [0.5, 0.6) is 5.75 Å². The van der Waals surface area contributed by atoms with Crippen LogP contribution in [0, 0.1) is 0 Å². The van der Waals surface area contributed by atoms with Crippen molar-refractivity contribution in [1.82, 2.24) is 5.32 Å². The Bertz CT molecular complexity index is 379. The van der Waals surface area contributed by atoms with Crippen LogP contribution in [0.15, 0.2) is 24.3 Å². The molecule has 0 aliphatic rings. The second-order valence-electron chi connectivity index (χ2n) is 3.75. The Balaban J connectivity index is 3.15. The first-order valence-electron chi connectivity index (χ1n) is 5.24. The van der Waals surface area contributed by atoms with E-state index in [0.29, 0.717) is 12.3 Å². The molecule has 1 rings (SSSR count). The third kappa shape index (κ3) is 2.33. The molecule has 0 aromatic heterocycles. The zero-order valence-corrected chi connectivity index (χ0v) is 9.91. The highest BCUT2D eigenvalue weighted by Gasteiger charge is 2.32. The SMILES string of the molecule is CCNC(C)(C(N)=O)c1cccc(OC)c1. The second-order valence-corrected chi connectivity index (χ2v) is 3.75. The number of nitrogens with two attached hydrogens (primary N) is 1. The lowest BCUT2D eigenvalue weighted by Crippen LogP contribution is -2.50. The smallest absolute Gasteiger partial charge is 0.242 e. The number of hydrogen-bond acceptors (Lipinski definition) is 3. The van der Waals surface area contributed by atoms with Crippen LogP contribution in [-0.2, 0) is 10.3 Å². The maximum absolute atomic E-state index is 11.5. The van der Waals surface area contributed by atoms with Gasteiger partial charge in [-0.1, -0.05) is 19.1 Å². The molecule has 4 nitrogen and oxygen atoms in total. The molecular weight excluding hydrogens is 204 g/mol. The number of hydrogen-bond donors (Lipinski definition) is 2. The van der Waals surface area contributed by atoms with Gasteiger partial charge in [0, 0.05) is 0 Å². The van der Waals surface area contributed by atoms with Crippen molar-refractivity contribution in [1.29, 1.82) is 0 Å². The summed E-state index contributed by atoms with van der Waals surface area (Å²) in [4.78, 5) is 11.5. The van der Waals surface area contributed by atoms with Crippen LogP contribution in [0.2, 0.25) is 0 Å². The van der Waals surface area contributed by atoms with Crippen molar-refractivity contribution < 1.29 is 9.53 Å². The molecule has 0 spiro atoms. The number of primary amides is 1. The fourth-order valence-corrected chi connectivity index (χ4v) is 1.62. The Labute approximate surface area is 95.8 Å². The van der Waals surface area contributed by atoms with E-state index in [1.54, 1.807) is 14.0 Å². The van der Waals surface area contributed by atoms with Gasteiger partial charge < -0.3 is 15.8 Å². The number of rotatable bonds is 5. The third-order valence-corrected chi connectivity index (χ3v) is 2.67.